The maximum Gasteiger partial charge on any atom is 0.335 e. The number of halogens is 2. The van der Waals surface area contributed by atoms with E-state index in [1.54, 1.807) is 43.3 Å². The Morgan fingerprint density at radius 3 is 2.53 bits per heavy atom. The highest BCUT2D eigenvalue weighted by Crippen LogP contribution is 2.17. The maximum atomic E-state index is 12.4. The molecule has 0 aliphatic heterocycles. The molecule has 1 atom stereocenters. The van der Waals surface area contributed by atoms with Crippen molar-refractivity contribution in [3.8, 4) is 5.75 Å². The first-order valence-corrected chi connectivity index (χ1v) is 9.81. The number of benzene rings is 2. The van der Waals surface area contributed by atoms with E-state index in [9.17, 15) is 9.59 Å². The summed E-state index contributed by atoms with van der Waals surface area (Å²) in [5.74, 6) is -0.660. The van der Waals surface area contributed by atoms with Crippen LogP contribution in [0.5, 0.6) is 5.75 Å². The minimum absolute atomic E-state index is 0.180. The zero-order valence-electron chi connectivity index (χ0n) is 16.5. The first kappa shape index (κ1) is 23.3. The van der Waals surface area contributed by atoms with Crippen LogP contribution in [0.3, 0.4) is 0 Å². The van der Waals surface area contributed by atoms with E-state index in [-0.39, 0.29) is 24.2 Å². The van der Waals surface area contributed by atoms with Crippen molar-refractivity contribution in [2.24, 2.45) is 0 Å². The fourth-order valence-corrected chi connectivity index (χ4v) is 2.86. The Hall–Kier alpha value is -2.96. The van der Waals surface area contributed by atoms with Gasteiger partial charge in [0, 0.05) is 16.8 Å². The number of carboxylic acids is 1. The van der Waals surface area contributed by atoms with Gasteiger partial charge in [0.05, 0.1) is 16.6 Å². The molecule has 0 radical (unpaired) electrons. The third-order valence-electron chi connectivity index (χ3n) is 4.08. The summed E-state index contributed by atoms with van der Waals surface area (Å²) >= 11 is 12.0. The monoisotopic (exact) mass is 448 g/mol. The van der Waals surface area contributed by atoms with Crippen LogP contribution in [0.4, 0.5) is 0 Å². The number of hydrogen-bond donors (Lipinski definition) is 3. The number of ether oxygens (including phenoxy) is 1. The molecular formula is C22H22Cl2N2O4. The highest BCUT2D eigenvalue weighted by molar-refractivity contribution is 6.31. The lowest BCUT2D eigenvalue weighted by Crippen LogP contribution is -2.27. The number of amides is 1. The van der Waals surface area contributed by atoms with Gasteiger partial charge in [-0.1, -0.05) is 41.4 Å². The van der Waals surface area contributed by atoms with Crippen molar-refractivity contribution < 1.29 is 19.4 Å². The van der Waals surface area contributed by atoms with E-state index < -0.39 is 5.97 Å². The lowest BCUT2D eigenvalue weighted by Gasteiger charge is -2.15. The molecule has 6 nitrogen and oxygen atoms in total. The van der Waals surface area contributed by atoms with Gasteiger partial charge >= 0.3 is 5.97 Å². The molecule has 0 fully saturated rings. The Kier molecular flexibility index (Phi) is 8.77. The van der Waals surface area contributed by atoms with Crippen LogP contribution in [0.2, 0.25) is 5.02 Å². The molecule has 1 amide bonds. The summed E-state index contributed by atoms with van der Waals surface area (Å²) in [5.41, 5.74) is 1.41. The fraction of sp³-hybridized carbons (Fsp3) is 0.182. The lowest BCUT2D eigenvalue weighted by molar-refractivity contribution is -0.118. The number of aromatic carboxylic acids is 1. The van der Waals surface area contributed by atoms with Crippen LogP contribution in [-0.4, -0.2) is 23.7 Å². The number of carboxylic acid groups (broad SMARTS) is 1. The predicted octanol–water partition coefficient (Wildman–Crippen LogP) is 4.87. The van der Waals surface area contributed by atoms with Gasteiger partial charge in [0.2, 0.25) is 5.91 Å². The number of allylic oxidation sites excluding steroid dienone is 2. The van der Waals surface area contributed by atoms with Crippen LogP contribution in [0, 0.1) is 0 Å². The molecule has 3 N–H and O–H groups in total. The quantitative estimate of drug-likeness (QED) is 0.220. The number of nitrogens with one attached hydrogen (secondary N) is 2. The van der Waals surface area contributed by atoms with E-state index >= 15 is 0 Å². The summed E-state index contributed by atoms with van der Waals surface area (Å²) in [5, 5.41) is 15.6. The van der Waals surface area contributed by atoms with Gasteiger partial charge in [-0.25, -0.2) is 4.79 Å². The van der Waals surface area contributed by atoms with E-state index in [2.05, 4.69) is 10.6 Å². The summed E-state index contributed by atoms with van der Waals surface area (Å²) in [6.07, 6.45) is 3.06. The molecule has 2 aromatic rings. The van der Waals surface area contributed by atoms with Gasteiger partial charge in [-0.3, -0.25) is 4.79 Å². The number of rotatable bonds is 9. The van der Waals surface area contributed by atoms with Gasteiger partial charge in [0.15, 0.2) is 6.73 Å². The Morgan fingerprint density at radius 2 is 1.90 bits per heavy atom. The van der Waals surface area contributed by atoms with E-state index in [1.807, 2.05) is 6.92 Å². The average molecular weight is 449 g/mol. The number of carbonyl (C=O) groups is 2. The highest BCUT2D eigenvalue weighted by atomic mass is 35.5. The van der Waals surface area contributed by atoms with Gasteiger partial charge in [-0.05, 0) is 55.8 Å². The van der Waals surface area contributed by atoms with Crippen molar-refractivity contribution in [3.63, 3.8) is 0 Å². The lowest BCUT2D eigenvalue weighted by atomic mass is 10.1. The molecule has 2 aromatic carbocycles. The third-order valence-corrected chi connectivity index (χ3v) is 4.53. The van der Waals surface area contributed by atoms with E-state index in [0.29, 0.717) is 21.4 Å². The Morgan fingerprint density at radius 1 is 1.20 bits per heavy atom. The molecule has 2 rings (SSSR count). The third kappa shape index (κ3) is 7.46. The topological polar surface area (TPSA) is 87.7 Å². The Balaban J connectivity index is 1.85. The van der Waals surface area contributed by atoms with Gasteiger partial charge in [0.25, 0.3) is 0 Å². The van der Waals surface area contributed by atoms with Crippen molar-refractivity contribution in [1.29, 1.82) is 0 Å². The van der Waals surface area contributed by atoms with Crippen LogP contribution < -0.4 is 15.4 Å². The zero-order valence-corrected chi connectivity index (χ0v) is 18.0. The minimum Gasteiger partial charge on any atom is -0.478 e. The molecule has 0 aliphatic rings. The average Bonchev–Trinajstić information content (AvgIpc) is 2.71. The molecule has 0 heterocycles. The SMILES string of the molecule is C/C(=C\C(Cl)=C/NCOc1cccc(Cl)c1)C(=O)NC(C)c1ccc(C(=O)O)cc1. The van der Waals surface area contributed by atoms with E-state index in [1.165, 1.54) is 24.4 Å². The minimum atomic E-state index is -0.995. The standard InChI is InChI=1S/C22H22Cl2N2O4/c1-14(10-19(24)12-25-13-30-20-5-3-4-18(23)11-20)21(27)26-15(2)16-6-8-17(9-7-16)22(28)29/h3-12,15,25H,13H2,1-2H3,(H,26,27)(H,28,29)/b14-10+,19-12+. The van der Waals surface area contributed by atoms with Crippen molar-refractivity contribution in [2.45, 2.75) is 19.9 Å². The molecule has 8 heteroatoms. The summed E-state index contributed by atoms with van der Waals surface area (Å²) in [6, 6.07) is 13.1. The molecule has 0 saturated heterocycles. The van der Waals surface area contributed by atoms with Gasteiger partial charge in [0.1, 0.15) is 5.75 Å². The molecule has 0 saturated carbocycles. The molecule has 0 spiro atoms. The van der Waals surface area contributed by atoms with Gasteiger partial charge < -0.3 is 20.5 Å². The van der Waals surface area contributed by atoms with Crippen LogP contribution in [0.25, 0.3) is 0 Å². The summed E-state index contributed by atoms with van der Waals surface area (Å²) in [6.45, 7) is 3.64. The molecule has 0 aromatic heterocycles. The maximum absolute atomic E-state index is 12.4. The predicted molar refractivity (Wildman–Crippen MR) is 118 cm³/mol. The molecular weight excluding hydrogens is 427 g/mol. The van der Waals surface area contributed by atoms with Crippen molar-refractivity contribution >= 4 is 35.1 Å². The van der Waals surface area contributed by atoms with Crippen molar-refractivity contribution in [2.75, 3.05) is 6.73 Å². The van der Waals surface area contributed by atoms with Crippen LogP contribution in [-0.2, 0) is 4.79 Å². The van der Waals surface area contributed by atoms with Gasteiger partial charge in [-0.2, -0.15) is 0 Å². The first-order chi connectivity index (χ1) is 14.3. The van der Waals surface area contributed by atoms with Crippen LogP contribution >= 0.6 is 23.2 Å². The summed E-state index contributed by atoms with van der Waals surface area (Å²) in [4.78, 5) is 23.3. The molecule has 158 valence electrons. The van der Waals surface area contributed by atoms with Crippen LogP contribution in [0.15, 0.2) is 71.4 Å². The normalized spacial score (nSPS) is 12.8. The van der Waals surface area contributed by atoms with E-state index in [4.69, 9.17) is 33.0 Å². The largest absolute Gasteiger partial charge is 0.478 e. The highest BCUT2D eigenvalue weighted by Gasteiger charge is 2.12. The van der Waals surface area contributed by atoms with Gasteiger partial charge in [-0.15, -0.1) is 0 Å². The second-order valence-electron chi connectivity index (χ2n) is 6.43. The Bertz CT molecular complexity index is 956. The number of hydrogen-bond acceptors (Lipinski definition) is 4. The zero-order chi connectivity index (χ0) is 22.1. The van der Waals surface area contributed by atoms with Crippen molar-refractivity contribution in [1.82, 2.24) is 10.6 Å². The fourth-order valence-electron chi connectivity index (χ4n) is 2.44. The first-order valence-electron chi connectivity index (χ1n) is 9.06. The molecule has 30 heavy (non-hydrogen) atoms. The Labute approximate surface area is 185 Å². The smallest absolute Gasteiger partial charge is 0.335 e. The summed E-state index contributed by atoms with van der Waals surface area (Å²) in [7, 11) is 0. The number of carbonyl (C=O) groups excluding carboxylic acids is 1. The second kappa shape index (κ2) is 11.3. The van der Waals surface area contributed by atoms with E-state index in [0.717, 1.165) is 5.56 Å². The second-order valence-corrected chi connectivity index (χ2v) is 7.30. The summed E-state index contributed by atoms with van der Waals surface area (Å²) < 4.78 is 5.48. The molecule has 1 unspecified atom stereocenters. The molecule has 0 aliphatic carbocycles. The van der Waals surface area contributed by atoms with Crippen molar-refractivity contribution in [3.05, 3.63) is 87.6 Å². The van der Waals surface area contributed by atoms with Crippen LogP contribution in [0.1, 0.15) is 35.8 Å². The molecule has 0 bridgehead atoms.